The van der Waals surface area contributed by atoms with Crippen LogP contribution in [0.3, 0.4) is 0 Å². The Balaban J connectivity index is 2.38. The van der Waals surface area contributed by atoms with Crippen molar-refractivity contribution < 1.29 is 17.9 Å². The smallest absolute Gasteiger partial charge is 0.262 e. The van der Waals surface area contributed by atoms with Gasteiger partial charge in [0.2, 0.25) is 0 Å². The minimum atomic E-state index is -3.78. The predicted octanol–water partition coefficient (Wildman–Crippen LogP) is 2.48. The summed E-state index contributed by atoms with van der Waals surface area (Å²) in [6.07, 6.45) is 1.56. The molecule has 3 N–H and O–H groups in total. The van der Waals surface area contributed by atoms with Crippen LogP contribution in [-0.4, -0.2) is 28.7 Å². The molecule has 0 spiro atoms. The standard InChI is InChI=1S/C17H20N2O4S/c1-3-13-5-4-6-16(23-12-11-18)17(13)19-24(20,21)15-9-7-14(22-2)8-10-15/h3-10,19H,1,11-12,18H2,2H3. The summed E-state index contributed by atoms with van der Waals surface area (Å²) in [5.74, 6) is 0.974. The first-order chi connectivity index (χ1) is 11.5. The molecule has 0 amide bonds. The van der Waals surface area contributed by atoms with Gasteiger partial charge in [-0.25, -0.2) is 8.42 Å². The third kappa shape index (κ3) is 4.06. The van der Waals surface area contributed by atoms with Crippen LogP contribution >= 0.6 is 0 Å². The number of benzene rings is 2. The minimum Gasteiger partial charge on any atom is -0.497 e. The van der Waals surface area contributed by atoms with Gasteiger partial charge in [0.1, 0.15) is 18.1 Å². The number of ether oxygens (including phenoxy) is 2. The van der Waals surface area contributed by atoms with Crippen LogP contribution in [0.2, 0.25) is 0 Å². The van der Waals surface area contributed by atoms with Gasteiger partial charge in [-0.05, 0) is 30.3 Å². The normalized spacial score (nSPS) is 10.9. The third-order valence-corrected chi connectivity index (χ3v) is 4.63. The number of sulfonamides is 1. The Hall–Kier alpha value is -2.51. The molecule has 2 aromatic carbocycles. The third-order valence-electron chi connectivity index (χ3n) is 3.26. The quantitative estimate of drug-likeness (QED) is 0.765. The van der Waals surface area contributed by atoms with E-state index in [1.54, 1.807) is 36.4 Å². The summed E-state index contributed by atoms with van der Waals surface area (Å²) in [5, 5.41) is 0. The first-order valence-corrected chi connectivity index (χ1v) is 8.75. The molecular formula is C17H20N2O4S. The SMILES string of the molecule is C=Cc1cccc(OCCN)c1NS(=O)(=O)c1ccc(OC)cc1. The van der Waals surface area contributed by atoms with E-state index in [0.29, 0.717) is 29.3 Å². The molecule has 0 saturated heterocycles. The number of methoxy groups -OCH3 is 1. The molecular weight excluding hydrogens is 328 g/mol. The fourth-order valence-corrected chi connectivity index (χ4v) is 3.16. The van der Waals surface area contributed by atoms with E-state index in [1.807, 2.05) is 0 Å². The van der Waals surface area contributed by atoms with E-state index >= 15 is 0 Å². The maximum atomic E-state index is 12.6. The molecule has 6 nitrogen and oxygen atoms in total. The highest BCUT2D eigenvalue weighted by Crippen LogP contribution is 2.31. The van der Waals surface area contributed by atoms with Crippen molar-refractivity contribution in [2.24, 2.45) is 5.73 Å². The molecule has 0 bridgehead atoms. The van der Waals surface area contributed by atoms with E-state index < -0.39 is 10.0 Å². The molecule has 128 valence electrons. The van der Waals surface area contributed by atoms with Crippen LogP contribution in [0.25, 0.3) is 6.08 Å². The lowest BCUT2D eigenvalue weighted by atomic mass is 10.1. The van der Waals surface area contributed by atoms with Crippen molar-refractivity contribution in [3.8, 4) is 11.5 Å². The summed E-state index contributed by atoms with van der Waals surface area (Å²) < 4.78 is 38.4. The van der Waals surface area contributed by atoms with Crippen LogP contribution in [0.1, 0.15) is 5.56 Å². The van der Waals surface area contributed by atoms with Gasteiger partial charge in [-0.2, -0.15) is 0 Å². The Morgan fingerprint density at radius 1 is 1.21 bits per heavy atom. The van der Waals surface area contributed by atoms with Crippen LogP contribution in [0.4, 0.5) is 5.69 Å². The van der Waals surface area contributed by atoms with Crippen molar-refractivity contribution in [1.82, 2.24) is 0 Å². The zero-order valence-corrected chi connectivity index (χ0v) is 14.2. The zero-order chi connectivity index (χ0) is 17.6. The molecule has 0 aliphatic carbocycles. The Labute approximate surface area is 142 Å². The number of para-hydroxylation sites is 1. The highest BCUT2D eigenvalue weighted by Gasteiger charge is 2.18. The van der Waals surface area contributed by atoms with Gasteiger partial charge in [0.15, 0.2) is 0 Å². The number of rotatable bonds is 8. The van der Waals surface area contributed by atoms with Crippen molar-refractivity contribution in [2.75, 3.05) is 25.0 Å². The van der Waals surface area contributed by atoms with Gasteiger partial charge in [-0.15, -0.1) is 0 Å². The van der Waals surface area contributed by atoms with Gasteiger partial charge in [0.25, 0.3) is 10.0 Å². The first-order valence-electron chi connectivity index (χ1n) is 7.27. The Morgan fingerprint density at radius 3 is 2.50 bits per heavy atom. The monoisotopic (exact) mass is 348 g/mol. The van der Waals surface area contributed by atoms with Crippen LogP contribution in [-0.2, 0) is 10.0 Å². The topological polar surface area (TPSA) is 90.6 Å². The summed E-state index contributed by atoms with van der Waals surface area (Å²) in [4.78, 5) is 0.118. The molecule has 0 atom stereocenters. The molecule has 0 aliphatic rings. The van der Waals surface area contributed by atoms with Crippen molar-refractivity contribution in [3.05, 3.63) is 54.6 Å². The fourth-order valence-electron chi connectivity index (χ4n) is 2.06. The Bertz CT molecular complexity index is 802. The lowest BCUT2D eigenvalue weighted by Crippen LogP contribution is -2.16. The van der Waals surface area contributed by atoms with Gasteiger partial charge >= 0.3 is 0 Å². The second-order valence-corrected chi connectivity index (χ2v) is 6.53. The fraction of sp³-hybridized carbons (Fsp3) is 0.176. The second-order valence-electron chi connectivity index (χ2n) is 4.84. The average Bonchev–Trinajstić information content (AvgIpc) is 2.60. The largest absolute Gasteiger partial charge is 0.497 e. The van der Waals surface area contributed by atoms with Crippen LogP contribution in [0.5, 0.6) is 11.5 Å². The maximum Gasteiger partial charge on any atom is 0.262 e. The van der Waals surface area contributed by atoms with Gasteiger partial charge in [0, 0.05) is 12.1 Å². The number of nitrogens with one attached hydrogen (secondary N) is 1. The number of nitrogens with two attached hydrogens (primary N) is 1. The van der Waals surface area contributed by atoms with Gasteiger partial charge in [-0.1, -0.05) is 24.8 Å². The molecule has 0 unspecified atom stereocenters. The van der Waals surface area contributed by atoms with Gasteiger partial charge in [-0.3, -0.25) is 4.72 Å². The number of hydrogen-bond acceptors (Lipinski definition) is 5. The van der Waals surface area contributed by atoms with E-state index in [2.05, 4.69) is 11.3 Å². The number of anilines is 1. The predicted molar refractivity (Wildman–Crippen MR) is 94.9 cm³/mol. The molecule has 2 aromatic rings. The molecule has 2 rings (SSSR count). The molecule has 7 heteroatoms. The van der Waals surface area contributed by atoms with E-state index in [9.17, 15) is 8.42 Å². The summed E-state index contributed by atoms with van der Waals surface area (Å²) in [6, 6.07) is 11.3. The molecule has 24 heavy (non-hydrogen) atoms. The average molecular weight is 348 g/mol. The van der Waals surface area contributed by atoms with Crippen molar-refractivity contribution in [1.29, 1.82) is 0 Å². The molecule has 0 saturated carbocycles. The molecule has 0 fully saturated rings. The van der Waals surface area contributed by atoms with Gasteiger partial charge < -0.3 is 15.2 Å². The molecule has 0 radical (unpaired) electrons. The second kappa shape index (κ2) is 7.85. The van der Waals surface area contributed by atoms with Crippen LogP contribution < -0.4 is 19.9 Å². The lowest BCUT2D eigenvalue weighted by molar-refractivity contribution is 0.330. The zero-order valence-electron chi connectivity index (χ0n) is 13.4. The number of hydrogen-bond donors (Lipinski definition) is 2. The molecule has 0 aliphatic heterocycles. The highest BCUT2D eigenvalue weighted by atomic mass is 32.2. The van der Waals surface area contributed by atoms with E-state index in [-0.39, 0.29) is 11.5 Å². The lowest BCUT2D eigenvalue weighted by Gasteiger charge is -2.16. The Morgan fingerprint density at radius 2 is 1.92 bits per heavy atom. The maximum absolute atomic E-state index is 12.6. The molecule has 0 aromatic heterocycles. The Kier molecular flexibility index (Phi) is 5.83. The van der Waals surface area contributed by atoms with E-state index in [1.165, 1.54) is 19.2 Å². The summed E-state index contributed by atoms with van der Waals surface area (Å²) in [6.45, 7) is 4.30. The van der Waals surface area contributed by atoms with Crippen molar-refractivity contribution >= 4 is 21.8 Å². The minimum absolute atomic E-state index is 0.118. The summed E-state index contributed by atoms with van der Waals surface area (Å²) in [7, 11) is -2.27. The summed E-state index contributed by atoms with van der Waals surface area (Å²) >= 11 is 0. The highest BCUT2D eigenvalue weighted by molar-refractivity contribution is 7.92. The van der Waals surface area contributed by atoms with Gasteiger partial charge in [0.05, 0.1) is 17.7 Å². The van der Waals surface area contributed by atoms with Crippen LogP contribution in [0.15, 0.2) is 53.9 Å². The van der Waals surface area contributed by atoms with Crippen molar-refractivity contribution in [3.63, 3.8) is 0 Å². The van der Waals surface area contributed by atoms with Crippen molar-refractivity contribution in [2.45, 2.75) is 4.90 Å². The van der Waals surface area contributed by atoms with E-state index in [0.717, 1.165) is 0 Å². The van der Waals surface area contributed by atoms with E-state index in [4.69, 9.17) is 15.2 Å². The summed E-state index contributed by atoms with van der Waals surface area (Å²) in [5.41, 5.74) is 6.39. The molecule has 0 heterocycles. The first kappa shape index (κ1) is 17.8. The van der Waals surface area contributed by atoms with Crippen LogP contribution in [0, 0.1) is 0 Å².